The second-order valence-electron chi connectivity index (χ2n) is 6.20. The molecule has 0 aromatic heterocycles. The summed E-state index contributed by atoms with van der Waals surface area (Å²) in [5, 5.41) is 4.20. The van der Waals surface area contributed by atoms with Crippen molar-refractivity contribution in [3.05, 3.63) is 59.7 Å². The number of benzene rings is 2. The average Bonchev–Trinajstić information content (AvgIpc) is 2.46. The van der Waals surface area contributed by atoms with Crippen molar-refractivity contribution in [2.75, 3.05) is 4.90 Å². The molecule has 2 aliphatic heterocycles. The Balaban J connectivity index is 1.82. The largest absolute Gasteiger partial charge is 0.467 e. The third kappa shape index (κ3) is 1.98. The van der Waals surface area contributed by atoms with Crippen molar-refractivity contribution in [1.29, 1.82) is 0 Å². The van der Waals surface area contributed by atoms with Gasteiger partial charge < -0.3 is 10.1 Å². The van der Waals surface area contributed by atoms with Crippen molar-refractivity contribution >= 4 is 23.0 Å². The van der Waals surface area contributed by atoms with Crippen LogP contribution in [-0.4, -0.2) is 10.8 Å². The summed E-state index contributed by atoms with van der Waals surface area (Å²) in [5.41, 5.74) is 3.00. The van der Waals surface area contributed by atoms with Gasteiger partial charge in [-0.05, 0) is 49.8 Å². The fourth-order valence-corrected chi connectivity index (χ4v) is 3.92. The highest BCUT2D eigenvalue weighted by atomic mass is 32.1. The molecule has 1 fully saturated rings. The van der Waals surface area contributed by atoms with Gasteiger partial charge in [0.15, 0.2) is 10.8 Å². The Kier molecular flexibility index (Phi) is 2.91. The van der Waals surface area contributed by atoms with E-state index in [0.717, 1.165) is 23.0 Å². The molecule has 0 saturated carbocycles. The van der Waals surface area contributed by atoms with Crippen molar-refractivity contribution in [2.24, 2.45) is 0 Å². The number of nitrogens with one attached hydrogen (secondary N) is 1. The van der Waals surface area contributed by atoms with Crippen LogP contribution in [0.3, 0.4) is 0 Å². The molecule has 22 heavy (non-hydrogen) atoms. The van der Waals surface area contributed by atoms with Gasteiger partial charge in [0.1, 0.15) is 5.75 Å². The summed E-state index contributed by atoms with van der Waals surface area (Å²) in [6.07, 6.45) is 0.859. The topological polar surface area (TPSA) is 24.5 Å². The van der Waals surface area contributed by atoms with Crippen LogP contribution in [0.25, 0.3) is 0 Å². The van der Waals surface area contributed by atoms with Crippen molar-refractivity contribution < 1.29 is 4.74 Å². The predicted octanol–water partition coefficient (Wildman–Crippen LogP) is 3.93. The molecule has 112 valence electrons. The first-order valence-corrected chi connectivity index (χ1v) is 7.93. The van der Waals surface area contributed by atoms with Crippen LogP contribution >= 0.6 is 12.2 Å². The highest BCUT2D eigenvalue weighted by molar-refractivity contribution is 7.80. The van der Waals surface area contributed by atoms with Gasteiger partial charge in [-0.3, -0.25) is 4.90 Å². The zero-order chi connectivity index (χ0) is 15.3. The van der Waals surface area contributed by atoms with E-state index in [2.05, 4.69) is 54.4 Å². The van der Waals surface area contributed by atoms with E-state index in [0.29, 0.717) is 0 Å². The van der Waals surface area contributed by atoms with Gasteiger partial charge in [0.2, 0.25) is 0 Å². The SMILES string of the molecule is Cc1cccc(N2C(=S)N[C@@H]3C[C@@]2(C)Oc2ccccc23)c1. The second kappa shape index (κ2) is 4.71. The molecule has 2 aromatic rings. The Morgan fingerprint density at radius 3 is 2.86 bits per heavy atom. The van der Waals surface area contributed by atoms with Crippen LogP contribution in [0.5, 0.6) is 5.75 Å². The van der Waals surface area contributed by atoms with E-state index >= 15 is 0 Å². The summed E-state index contributed by atoms with van der Waals surface area (Å²) in [7, 11) is 0. The van der Waals surface area contributed by atoms with Gasteiger partial charge in [-0.25, -0.2) is 0 Å². The van der Waals surface area contributed by atoms with E-state index in [1.165, 1.54) is 11.1 Å². The van der Waals surface area contributed by atoms with Gasteiger partial charge >= 0.3 is 0 Å². The number of thiocarbonyl (C=S) groups is 1. The summed E-state index contributed by atoms with van der Waals surface area (Å²) in [5.74, 6) is 0.939. The lowest BCUT2D eigenvalue weighted by atomic mass is 9.90. The molecule has 4 heteroatoms. The number of para-hydroxylation sites is 1. The Bertz CT molecular complexity index is 760. The highest BCUT2D eigenvalue weighted by Gasteiger charge is 2.48. The lowest BCUT2D eigenvalue weighted by molar-refractivity contribution is 0.0498. The molecule has 0 radical (unpaired) electrons. The highest BCUT2D eigenvalue weighted by Crippen LogP contribution is 2.45. The Hall–Kier alpha value is -2.07. The van der Waals surface area contributed by atoms with Crippen molar-refractivity contribution in [1.82, 2.24) is 5.32 Å². The summed E-state index contributed by atoms with van der Waals surface area (Å²) >= 11 is 5.64. The lowest BCUT2D eigenvalue weighted by Crippen LogP contribution is -2.65. The van der Waals surface area contributed by atoms with Crippen LogP contribution in [0.1, 0.15) is 30.5 Å². The van der Waals surface area contributed by atoms with E-state index in [9.17, 15) is 0 Å². The molecule has 2 atom stereocenters. The van der Waals surface area contributed by atoms with Crippen LogP contribution in [0.2, 0.25) is 0 Å². The Morgan fingerprint density at radius 2 is 2.05 bits per heavy atom. The minimum Gasteiger partial charge on any atom is -0.467 e. The lowest BCUT2D eigenvalue weighted by Gasteiger charge is -2.52. The first kappa shape index (κ1) is 13.6. The zero-order valence-corrected chi connectivity index (χ0v) is 13.5. The number of hydrogen-bond donors (Lipinski definition) is 1. The maximum Gasteiger partial charge on any atom is 0.188 e. The molecular formula is C18H18N2OS. The molecule has 2 aliphatic rings. The molecular weight excluding hydrogens is 292 g/mol. The van der Waals surface area contributed by atoms with E-state index < -0.39 is 5.72 Å². The molecule has 0 amide bonds. The predicted molar refractivity (Wildman–Crippen MR) is 92.2 cm³/mol. The van der Waals surface area contributed by atoms with Gasteiger partial charge in [-0.1, -0.05) is 30.3 Å². The van der Waals surface area contributed by atoms with Gasteiger partial charge in [0.25, 0.3) is 0 Å². The van der Waals surface area contributed by atoms with Crippen LogP contribution in [0.4, 0.5) is 5.69 Å². The number of ether oxygens (including phenoxy) is 1. The van der Waals surface area contributed by atoms with Crippen LogP contribution in [0.15, 0.2) is 48.5 Å². The molecule has 4 rings (SSSR count). The third-order valence-corrected chi connectivity index (χ3v) is 4.74. The molecule has 1 saturated heterocycles. The molecule has 0 aliphatic carbocycles. The summed E-state index contributed by atoms with van der Waals surface area (Å²) in [6.45, 7) is 4.21. The minimum absolute atomic E-state index is 0.212. The maximum absolute atomic E-state index is 6.37. The summed E-state index contributed by atoms with van der Waals surface area (Å²) in [6, 6.07) is 16.8. The summed E-state index contributed by atoms with van der Waals surface area (Å²) < 4.78 is 6.37. The zero-order valence-electron chi connectivity index (χ0n) is 12.7. The molecule has 2 heterocycles. The van der Waals surface area contributed by atoms with E-state index in [1.807, 2.05) is 18.2 Å². The normalized spacial score (nSPS) is 26.0. The fraction of sp³-hybridized carbons (Fsp3) is 0.278. The number of fused-ring (bicyclic) bond motifs is 4. The quantitative estimate of drug-likeness (QED) is 0.807. The standard InChI is InChI=1S/C18H18N2OS/c1-12-6-5-7-13(10-12)20-17(22)19-15-11-18(20,2)21-16-9-4-3-8-14(15)16/h3-10,15H,11H2,1-2H3,(H,19,22)/t15-,18-/m1/s1. The summed E-state index contributed by atoms with van der Waals surface area (Å²) in [4.78, 5) is 2.10. The monoisotopic (exact) mass is 310 g/mol. The maximum atomic E-state index is 6.37. The van der Waals surface area contributed by atoms with Crippen molar-refractivity contribution in [3.63, 3.8) is 0 Å². The van der Waals surface area contributed by atoms with Crippen molar-refractivity contribution in [3.8, 4) is 5.75 Å². The Labute approximate surface area is 135 Å². The second-order valence-corrected chi connectivity index (χ2v) is 6.58. The molecule has 0 unspecified atom stereocenters. The van der Waals surface area contributed by atoms with Gasteiger partial charge in [-0.15, -0.1) is 0 Å². The smallest absolute Gasteiger partial charge is 0.188 e. The number of anilines is 1. The molecule has 3 nitrogen and oxygen atoms in total. The number of rotatable bonds is 1. The third-order valence-electron chi connectivity index (χ3n) is 4.44. The van der Waals surface area contributed by atoms with Gasteiger partial charge in [0, 0.05) is 17.7 Å². The van der Waals surface area contributed by atoms with Crippen LogP contribution in [0, 0.1) is 6.92 Å². The molecule has 0 spiro atoms. The number of aryl methyl sites for hydroxylation is 1. The number of nitrogens with zero attached hydrogens (tertiary/aromatic N) is 1. The average molecular weight is 310 g/mol. The van der Waals surface area contributed by atoms with E-state index in [1.54, 1.807) is 0 Å². The molecule has 2 aromatic carbocycles. The molecule has 2 bridgehead atoms. The van der Waals surface area contributed by atoms with E-state index in [-0.39, 0.29) is 6.04 Å². The van der Waals surface area contributed by atoms with Gasteiger partial charge in [-0.2, -0.15) is 0 Å². The van der Waals surface area contributed by atoms with Gasteiger partial charge in [0.05, 0.1) is 6.04 Å². The first-order chi connectivity index (χ1) is 10.6. The number of hydrogen-bond acceptors (Lipinski definition) is 2. The minimum atomic E-state index is -0.463. The van der Waals surface area contributed by atoms with Crippen LogP contribution < -0.4 is 15.0 Å². The molecule has 1 N–H and O–H groups in total. The first-order valence-electron chi connectivity index (χ1n) is 7.52. The van der Waals surface area contributed by atoms with Crippen molar-refractivity contribution in [2.45, 2.75) is 32.0 Å². The fourth-order valence-electron chi connectivity index (χ4n) is 3.48. The van der Waals surface area contributed by atoms with Crippen LogP contribution in [-0.2, 0) is 0 Å². The Morgan fingerprint density at radius 1 is 1.23 bits per heavy atom. The van der Waals surface area contributed by atoms with E-state index in [4.69, 9.17) is 17.0 Å².